The molecular weight excluding hydrogens is 288 g/mol. The second-order valence-electron chi connectivity index (χ2n) is 5.37. The van der Waals surface area contributed by atoms with Crippen molar-refractivity contribution in [3.63, 3.8) is 0 Å². The average molecular weight is 306 g/mol. The summed E-state index contributed by atoms with van der Waals surface area (Å²) < 4.78 is 0. The molecule has 0 spiro atoms. The van der Waals surface area contributed by atoms with Crippen LogP contribution < -0.4 is 5.32 Å². The van der Waals surface area contributed by atoms with Crippen molar-refractivity contribution in [3.8, 4) is 0 Å². The number of thioether (sulfide) groups is 1. The van der Waals surface area contributed by atoms with E-state index >= 15 is 0 Å². The quantitative estimate of drug-likeness (QED) is 0.843. The lowest BCUT2D eigenvalue weighted by molar-refractivity contribution is -0.150. The summed E-state index contributed by atoms with van der Waals surface area (Å²) in [6.07, 6.45) is 0.630. The van der Waals surface area contributed by atoms with E-state index in [0.29, 0.717) is 25.3 Å². The largest absolute Gasteiger partial charge is 0.480 e. The minimum Gasteiger partial charge on any atom is -0.480 e. The van der Waals surface area contributed by atoms with Crippen LogP contribution in [0, 0.1) is 0 Å². The van der Waals surface area contributed by atoms with Gasteiger partial charge >= 0.3 is 5.97 Å². The van der Waals surface area contributed by atoms with Crippen molar-refractivity contribution in [1.82, 2.24) is 10.2 Å². The lowest BCUT2D eigenvalue weighted by Gasteiger charge is -2.36. The third-order valence-electron chi connectivity index (χ3n) is 4.08. The van der Waals surface area contributed by atoms with E-state index in [4.69, 9.17) is 0 Å². The number of amides is 1. The van der Waals surface area contributed by atoms with Crippen LogP contribution in [0.5, 0.6) is 0 Å². The van der Waals surface area contributed by atoms with E-state index in [2.05, 4.69) is 11.4 Å². The zero-order valence-electron chi connectivity index (χ0n) is 11.6. The van der Waals surface area contributed by atoms with Gasteiger partial charge in [-0.1, -0.05) is 24.3 Å². The van der Waals surface area contributed by atoms with Crippen molar-refractivity contribution in [1.29, 1.82) is 0 Å². The van der Waals surface area contributed by atoms with Crippen LogP contribution in [0.3, 0.4) is 0 Å². The topological polar surface area (TPSA) is 69.6 Å². The first-order valence-electron chi connectivity index (χ1n) is 7.08. The highest BCUT2D eigenvalue weighted by Gasteiger charge is 2.36. The Bertz CT molecular complexity index is 564. The summed E-state index contributed by atoms with van der Waals surface area (Å²) in [6, 6.07) is 7.05. The number of carbonyl (C=O) groups is 2. The van der Waals surface area contributed by atoms with E-state index in [0.717, 1.165) is 5.75 Å². The number of nitrogens with zero attached hydrogens (tertiary/aromatic N) is 1. The van der Waals surface area contributed by atoms with Gasteiger partial charge in [0.2, 0.25) is 5.91 Å². The molecule has 2 N–H and O–H groups in total. The van der Waals surface area contributed by atoms with E-state index in [1.807, 2.05) is 18.2 Å². The van der Waals surface area contributed by atoms with Crippen LogP contribution >= 0.6 is 11.8 Å². The predicted molar refractivity (Wildman–Crippen MR) is 81.2 cm³/mol. The molecule has 2 aliphatic rings. The van der Waals surface area contributed by atoms with Crippen LogP contribution in [0.1, 0.15) is 11.1 Å². The Morgan fingerprint density at radius 2 is 2.05 bits per heavy atom. The molecule has 3 rings (SSSR count). The molecule has 2 atom stereocenters. The second-order valence-corrected chi connectivity index (χ2v) is 6.52. The van der Waals surface area contributed by atoms with Crippen LogP contribution in [0.2, 0.25) is 0 Å². The second kappa shape index (κ2) is 6.07. The molecule has 1 amide bonds. The number of hydrogen-bond acceptors (Lipinski definition) is 4. The first-order valence-corrected chi connectivity index (χ1v) is 8.23. The highest BCUT2D eigenvalue weighted by Crippen LogP contribution is 2.21. The van der Waals surface area contributed by atoms with Crippen molar-refractivity contribution in [2.45, 2.75) is 25.0 Å². The summed E-state index contributed by atoms with van der Waals surface area (Å²) in [4.78, 5) is 25.5. The van der Waals surface area contributed by atoms with Gasteiger partial charge in [-0.05, 0) is 17.5 Å². The Morgan fingerprint density at radius 1 is 1.29 bits per heavy atom. The first-order chi connectivity index (χ1) is 10.2. The fourth-order valence-electron chi connectivity index (χ4n) is 2.90. The Balaban J connectivity index is 1.75. The number of carbonyl (C=O) groups excluding carboxylic acids is 1. The van der Waals surface area contributed by atoms with Gasteiger partial charge in [0.1, 0.15) is 6.04 Å². The van der Waals surface area contributed by atoms with E-state index in [-0.39, 0.29) is 11.9 Å². The van der Waals surface area contributed by atoms with E-state index < -0.39 is 12.0 Å². The Morgan fingerprint density at radius 3 is 2.81 bits per heavy atom. The molecule has 0 saturated carbocycles. The van der Waals surface area contributed by atoms with Gasteiger partial charge in [-0.2, -0.15) is 11.8 Å². The molecule has 5 nitrogen and oxygen atoms in total. The van der Waals surface area contributed by atoms with E-state index in [9.17, 15) is 14.7 Å². The zero-order chi connectivity index (χ0) is 14.8. The summed E-state index contributed by atoms with van der Waals surface area (Å²) in [5.74, 6) is 0.285. The minimum atomic E-state index is -0.910. The molecule has 0 bridgehead atoms. The van der Waals surface area contributed by atoms with Crippen molar-refractivity contribution in [2.24, 2.45) is 0 Å². The maximum absolute atomic E-state index is 12.7. The van der Waals surface area contributed by atoms with Crippen LogP contribution in [-0.2, 0) is 22.6 Å². The van der Waals surface area contributed by atoms with Crippen LogP contribution in [0.25, 0.3) is 0 Å². The molecule has 112 valence electrons. The normalized spacial score (nSPS) is 25.2. The number of aliphatic carboxylic acids is 1. The molecule has 6 heteroatoms. The number of rotatable bonds is 2. The Labute approximate surface area is 127 Å². The Hall–Kier alpha value is -1.53. The number of nitrogens with one attached hydrogen (secondary N) is 1. The number of benzene rings is 1. The number of carboxylic acid groups (broad SMARTS) is 1. The van der Waals surface area contributed by atoms with Crippen LogP contribution in [0.15, 0.2) is 24.3 Å². The van der Waals surface area contributed by atoms with E-state index in [1.54, 1.807) is 11.8 Å². The van der Waals surface area contributed by atoms with Gasteiger partial charge in [0.25, 0.3) is 0 Å². The van der Waals surface area contributed by atoms with Gasteiger partial charge in [-0.3, -0.25) is 4.79 Å². The standard InChI is InChI=1S/C15H18N2O3S/c18-14(17-5-6-21-9-13(17)15(19)20)12-7-10-3-1-2-4-11(10)8-16-12/h1-4,12-13,16H,5-9H2,(H,19,20). The SMILES string of the molecule is O=C(O)C1CSCCN1C(=O)C1Cc2ccccc2CN1. The molecule has 1 saturated heterocycles. The molecule has 0 aliphatic carbocycles. The van der Waals surface area contributed by atoms with Gasteiger partial charge < -0.3 is 15.3 Å². The fraction of sp³-hybridized carbons (Fsp3) is 0.467. The maximum Gasteiger partial charge on any atom is 0.327 e. The molecule has 0 aromatic heterocycles. The summed E-state index contributed by atoms with van der Waals surface area (Å²) in [5, 5.41) is 12.5. The van der Waals surface area contributed by atoms with Crippen molar-refractivity contribution in [3.05, 3.63) is 35.4 Å². The predicted octanol–water partition coefficient (Wildman–Crippen LogP) is 0.729. The highest BCUT2D eigenvalue weighted by molar-refractivity contribution is 7.99. The lowest BCUT2D eigenvalue weighted by Crippen LogP contribution is -2.57. The summed E-state index contributed by atoms with van der Waals surface area (Å²) >= 11 is 1.59. The van der Waals surface area contributed by atoms with Crippen molar-refractivity contribution in [2.75, 3.05) is 18.1 Å². The lowest BCUT2D eigenvalue weighted by atomic mass is 9.95. The fourth-order valence-corrected chi connectivity index (χ4v) is 3.94. The van der Waals surface area contributed by atoms with Gasteiger partial charge in [-0.25, -0.2) is 4.79 Å². The van der Waals surface area contributed by atoms with Gasteiger partial charge in [0, 0.05) is 24.6 Å². The third-order valence-corrected chi connectivity index (χ3v) is 5.10. The van der Waals surface area contributed by atoms with Gasteiger partial charge in [-0.15, -0.1) is 0 Å². The first kappa shape index (κ1) is 14.4. The summed E-state index contributed by atoms with van der Waals surface area (Å²) in [5.41, 5.74) is 2.39. The highest BCUT2D eigenvalue weighted by atomic mass is 32.2. The molecule has 0 radical (unpaired) electrons. The maximum atomic E-state index is 12.7. The molecule has 2 unspecified atom stereocenters. The number of carboxylic acids is 1. The van der Waals surface area contributed by atoms with Gasteiger partial charge in [0.05, 0.1) is 6.04 Å². The monoisotopic (exact) mass is 306 g/mol. The minimum absolute atomic E-state index is 0.0859. The molecule has 2 aliphatic heterocycles. The molecule has 1 fully saturated rings. The molecule has 1 aromatic carbocycles. The van der Waals surface area contributed by atoms with Crippen molar-refractivity contribution >= 4 is 23.6 Å². The molecular formula is C15H18N2O3S. The number of fused-ring (bicyclic) bond motifs is 1. The van der Waals surface area contributed by atoms with E-state index in [1.165, 1.54) is 16.0 Å². The third kappa shape index (κ3) is 2.91. The Kier molecular flexibility index (Phi) is 4.17. The zero-order valence-corrected chi connectivity index (χ0v) is 12.4. The smallest absolute Gasteiger partial charge is 0.327 e. The van der Waals surface area contributed by atoms with Crippen LogP contribution in [-0.4, -0.2) is 52.0 Å². The summed E-state index contributed by atoms with van der Waals surface area (Å²) in [6.45, 7) is 1.17. The summed E-state index contributed by atoms with van der Waals surface area (Å²) in [7, 11) is 0. The van der Waals surface area contributed by atoms with Gasteiger partial charge in [0.15, 0.2) is 0 Å². The molecule has 2 heterocycles. The number of hydrogen-bond donors (Lipinski definition) is 2. The molecule has 1 aromatic rings. The average Bonchev–Trinajstić information content (AvgIpc) is 2.53. The van der Waals surface area contributed by atoms with Crippen molar-refractivity contribution < 1.29 is 14.7 Å². The molecule has 21 heavy (non-hydrogen) atoms. The van der Waals surface area contributed by atoms with Crippen LogP contribution in [0.4, 0.5) is 0 Å².